The van der Waals surface area contributed by atoms with E-state index in [0.717, 1.165) is 57.8 Å². The maximum Gasteiger partial charge on any atom is 0.472 e. The summed E-state index contributed by atoms with van der Waals surface area (Å²) in [4.78, 5) is 37.7. The lowest BCUT2D eigenvalue weighted by molar-refractivity contribution is -0.360. The summed E-state index contributed by atoms with van der Waals surface area (Å²) in [6.45, 7) is 1.07. The predicted molar refractivity (Wildman–Crippen MR) is 314 cm³/mol. The van der Waals surface area contributed by atoms with Crippen molar-refractivity contribution < 1.29 is 113 Å². The topological polar surface area (TPSA) is 368 Å². The second-order valence-electron chi connectivity index (χ2n) is 24.0. The summed E-state index contributed by atoms with van der Waals surface area (Å²) in [6.07, 6.45) is 4.81. The lowest BCUT2D eigenvalue weighted by Crippen LogP contribution is -2.69. The first-order valence-electron chi connectivity index (χ1n) is 32.9. The number of phosphoric ester groups is 1. The number of hydrogen-bond donors (Lipinski definition) is 12. The van der Waals surface area contributed by atoms with E-state index in [1.807, 2.05) is 0 Å². The Labute approximate surface area is 506 Å². The standard InChI is InChI=1S/C61H115O23P/c1-3-5-7-9-11-13-15-17-19-21-23-25-27-29-31-33-35-37-46(64)77-41-43(79-47(65)38-36-34-32-30-28-26-24-22-20-18-16-14-12-10-8-6-4-2)42-78-85(75,76)84-59-57(82-60-55(73)50(68)48(66)44(39-62)80-60)53(71)52(70)54(72)58(59)83-61-56(74)51(69)49(67)45(40-63)81-61/h43-45,48-63,66-74H,3-42H2,1-2H3,(H,75,76). The van der Waals surface area contributed by atoms with E-state index in [1.165, 1.54) is 148 Å². The van der Waals surface area contributed by atoms with E-state index in [1.54, 1.807) is 0 Å². The highest BCUT2D eigenvalue weighted by atomic mass is 31.2. The summed E-state index contributed by atoms with van der Waals surface area (Å²) >= 11 is 0. The molecule has 0 radical (unpaired) electrons. The second kappa shape index (κ2) is 45.7. The van der Waals surface area contributed by atoms with Crippen molar-refractivity contribution in [3.05, 3.63) is 0 Å². The van der Waals surface area contributed by atoms with Crippen LogP contribution in [-0.2, 0) is 51.6 Å². The van der Waals surface area contributed by atoms with Crippen molar-refractivity contribution in [1.82, 2.24) is 0 Å². The predicted octanol–water partition coefficient (Wildman–Crippen LogP) is 6.49. The fourth-order valence-electron chi connectivity index (χ4n) is 11.2. The summed E-state index contributed by atoms with van der Waals surface area (Å²) in [5.41, 5.74) is 0. The van der Waals surface area contributed by atoms with Gasteiger partial charge in [-0.25, -0.2) is 4.57 Å². The van der Waals surface area contributed by atoms with Gasteiger partial charge in [-0.3, -0.25) is 18.6 Å². The van der Waals surface area contributed by atoms with Gasteiger partial charge < -0.3 is 89.5 Å². The van der Waals surface area contributed by atoms with E-state index in [-0.39, 0.29) is 12.8 Å². The molecule has 1 saturated carbocycles. The highest BCUT2D eigenvalue weighted by molar-refractivity contribution is 7.47. The lowest BCUT2D eigenvalue weighted by atomic mass is 9.84. The molecule has 0 amide bonds. The van der Waals surface area contributed by atoms with Crippen LogP contribution in [0.25, 0.3) is 0 Å². The zero-order valence-electron chi connectivity index (χ0n) is 51.4. The Bertz CT molecular complexity index is 1680. The van der Waals surface area contributed by atoms with Gasteiger partial charge in [0.1, 0.15) is 92.1 Å². The third kappa shape index (κ3) is 30.4. The van der Waals surface area contributed by atoms with E-state index in [0.29, 0.717) is 12.8 Å². The van der Waals surface area contributed by atoms with Crippen molar-refractivity contribution in [3.63, 3.8) is 0 Å². The largest absolute Gasteiger partial charge is 0.472 e. The SMILES string of the molecule is CCCCCCCCCCCCCCCCCCCC(=O)OCC(COP(=O)(O)OC1C(OC2OC(CO)C(O)C(O)C2O)C(O)C(O)C(O)C1OC1OC(CO)C(O)C(O)C1O)OC(=O)CCCCCCCCCCCCCCCCCCC. The van der Waals surface area contributed by atoms with Crippen LogP contribution in [0.15, 0.2) is 0 Å². The molecule has 23 nitrogen and oxygen atoms in total. The molecule has 0 spiro atoms. The van der Waals surface area contributed by atoms with Crippen molar-refractivity contribution in [2.45, 2.75) is 349 Å². The van der Waals surface area contributed by atoms with Crippen LogP contribution in [0.1, 0.15) is 245 Å². The normalized spacial score (nSPS) is 30.0. The zero-order valence-corrected chi connectivity index (χ0v) is 52.3. The number of carbonyl (C=O) groups excluding carboxylic acids is 2. The van der Waals surface area contributed by atoms with E-state index in [4.69, 9.17) is 37.5 Å². The van der Waals surface area contributed by atoms with Gasteiger partial charge in [0.25, 0.3) is 0 Å². The third-order valence-electron chi connectivity index (χ3n) is 16.7. The number of aliphatic hydroxyl groups excluding tert-OH is 11. The van der Waals surface area contributed by atoms with E-state index in [9.17, 15) is 75.2 Å². The number of phosphoric acid groups is 1. The first-order chi connectivity index (χ1) is 40.9. The number of rotatable bonds is 50. The summed E-state index contributed by atoms with van der Waals surface area (Å²) < 4.78 is 58.3. The maximum atomic E-state index is 14.1. The van der Waals surface area contributed by atoms with Crippen LogP contribution in [0.2, 0.25) is 0 Å². The van der Waals surface area contributed by atoms with Crippen molar-refractivity contribution in [2.75, 3.05) is 26.4 Å². The number of esters is 2. The van der Waals surface area contributed by atoms with Gasteiger partial charge in [-0.1, -0.05) is 219 Å². The highest BCUT2D eigenvalue weighted by Crippen LogP contribution is 2.49. The van der Waals surface area contributed by atoms with Crippen LogP contribution in [-0.4, -0.2) is 204 Å². The van der Waals surface area contributed by atoms with Crippen molar-refractivity contribution in [1.29, 1.82) is 0 Å². The molecule has 16 atom stereocenters. The molecule has 2 saturated heterocycles. The number of aliphatic hydroxyl groups is 11. The average molecular weight is 1250 g/mol. The molecule has 85 heavy (non-hydrogen) atoms. The van der Waals surface area contributed by atoms with Gasteiger partial charge >= 0.3 is 19.8 Å². The monoisotopic (exact) mass is 1250 g/mol. The van der Waals surface area contributed by atoms with Crippen molar-refractivity contribution in [2.24, 2.45) is 0 Å². The maximum absolute atomic E-state index is 14.1. The van der Waals surface area contributed by atoms with Crippen molar-refractivity contribution in [3.8, 4) is 0 Å². The zero-order chi connectivity index (χ0) is 62.4. The average Bonchev–Trinajstić information content (AvgIpc) is 3.64. The first-order valence-corrected chi connectivity index (χ1v) is 34.4. The molecule has 0 bridgehead atoms. The first kappa shape index (κ1) is 77.7. The number of ether oxygens (including phenoxy) is 6. The highest BCUT2D eigenvalue weighted by Gasteiger charge is 2.58. The van der Waals surface area contributed by atoms with Crippen LogP contribution in [0.4, 0.5) is 0 Å². The van der Waals surface area contributed by atoms with E-state index in [2.05, 4.69) is 13.8 Å². The molecule has 1 aliphatic carbocycles. The van der Waals surface area contributed by atoms with E-state index < -0.39 is 150 Å². The molecule has 2 aliphatic heterocycles. The Morgan fingerprint density at radius 3 is 1.04 bits per heavy atom. The minimum absolute atomic E-state index is 0.0241. The minimum Gasteiger partial charge on any atom is -0.462 e. The molecule has 0 aromatic rings. The Morgan fingerprint density at radius 2 is 0.706 bits per heavy atom. The molecule has 0 aromatic carbocycles. The quantitative estimate of drug-likeness (QED) is 0.0176. The molecule has 0 aromatic heterocycles. The summed E-state index contributed by atoms with van der Waals surface area (Å²) in [5, 5.41) is 117. The second-order valence-corrected chi connectivity index (χ2v) is 25.4. The van der Waals surface area contributed by atoms with Gasteiger partial charge in [0.2, 0.25) is 0 Å². The van der Waals surface area contributed by atoms with Crippen LogP contribution >= 0.6 is 7.82 Å². The van der Waals surface area contributed by atoms with Crippen LogP contribution < -0.4 is 0 Å². The number of unbranched alkanes of at least 4 members (excludes halogenated alkanes) is 32. The Balaban J connectivity index is 1.64. The number of hydrogen-bond acceptors (Lipinski definition) is 22. The van der Waals surface area contributed by atoms with Crippen LogP contribution in [0.5, 0.6) is 0 Å². The molecule has 502 valence electrons. The molecule has 2 heterocycles. The van der Waals surface area contributed by atoms with Crippen molar-refractivity contribution >= 4 is 19.8 Å². The fourth-order valence-corrected chi connectivity index (χ4v) is 12.2. The molecule has 3 rings (SSSR count). The van der Waals surface area contributed by atoms with Gasteiger partial charge in [-0.2, -0.15) is 0 Å². The van der Waals surface area contributed by atoms with Crippen LogP contribution in [0.3, 0.4) is 0 Å². The third-order valence-corrected chi connectivity index (χ3v) is 17.7. The molecule has 24 heteroatoms. The number of carbonyl (C=O) groups is 2. The summed E-state index contributed by atoms with van der Waals surface area (Å²) in [6, 6.07) is 0. The lowest BCUT2D eigenvalue weighted by Gasteiger charge is -2.49. The van der Waals surface area contributed by atoms with Gasteiger partial charge in [-0.05, 0) is 12.8 Å². The molecular formula is C61H115O23P. The Morgan fingerprint density at radius 1 is 0.400 bits per heavy atom. The molecular weight excluding hydrogens is 1130 g/mol. The molecule has 12 N–H and O–H groups in total. The van der Waals surface area contributed by atoms with Gasteiger partial charge in [0.05, 0.1) is 19.8 Å². The molecule has 16 unspecified atom stereocenters. The minimum atomic E-state index is -5.64. The smallest absolute Gasteiger partial charge is 0.462 e. The van der Waals surface area contributed by atoms with Crippen LogP contribution in [0, 0.1) is 0 Å². The summed E-state index contributed by atoms with van der Waals surface area (Å²) in [5.74, 6) is -1.32. The fraction of sp³-hybridized carbons (Fsp3) is 0.967. The van der Waals surface area contributed by atoms with Gasteiger partial charge in [0, 0.05) is 12.8 Å². The van der Waals surface area contributed by atoms with E-state index >= 15 is 0 Å². The van der Waals surface area contributed by atoms with Gasteiger partial charge in [-0.15, -0.1) is 0 Å². The Hall–Kier alpha value is -1.55. The molecule has 3 aliphatic rings. The Kier molecular flexibility index (Phi) is 41.7. The summed E-state index contributed by atoms with van der Waals surface area (Å²) in [7, 11) is -5.64. The van der Waals surface area contributed by atoms with Gasteiger partial charge in [0.15, 0.2) is 18.7 Å². The molecule has 3 fully saturated rings.